The first kappa shape index (κ1) is 25.4. The van der Waals surface area contributed by atoms with Crippen molar-refractivity contribution in [3.8, 4) is 0 Å². The van der Waals surface area contributed by atoms with Crippen molar-refractivity contribution in [2.45, 2.75) is 6.92 Å². The standard InChI is InChI=1S/C32H25N9/c1-22-33-31(35-25-13-17-28(18-14-25)39-38-27-9-3-2-4-10-27)37-32(34-22)36-26-15-19-29(20-16-26)40-41-30-12-11-23-7-5-6-8-24(23)21-30/h2-21H,1H3,(H2,33,34,35,36,37). The van der Waals surface area contributed by atoms with Crippen LogP contribution in [0.1, 0.15) is 5.82 Å². The number of aryl methyl sites for hydroxylation is 1. The molecule has 198 valence electrons. The summed E-state index contributed by atoms with van der Waals surface area (Å²) in [6, 6.07) is 39.0. The molecule has 0 aliphatic rings. The molecule has 0 spiro atoms. The summed E-state index contributed by atoms with van der Waals surface area (Å²) in [6.45, 7) is 1.82. The molecule has 0 saturated heterocycles. The summed E-state index contributed by atoms with van der Waals surface area (Å²) in [5.74, 6) is 1.44. The van der Waals surface area contributed by atoms with Gasteiger partial charge in [-0.25, -0.2) is 0 Å². The van der Waals surface area contributed by atoms with Gasteiger partial charge >= 0.3 is 0 Å². The molecule has 1 aromatic heterocycles. The molecule has 5 aromatic carbocycles. The molecule has 0 saturated carbocycles. The van der Waals surface area contributed by atoms with Crippen molar-refractivity contribution in [2.75, 3.05) is 10.6 Å². The summed E-state index contributed by atoms with van der Waals surface area (Å²) in [7, 11) is 0. The fourth-order valence-electron chi connectivity index (χ4n) is 4.04. The van der Waals surface area contributed by atoms with Crippen molar-refractivity contribution in [3.63, 3.8) is 0 Å². The van der Waals surface area contributed by atoms with E-state index in [-0.39, 0.29) is 0 Å². The Morgan fingerprint density at radius 1 is 0.439 bits per heavy atom. The molecule has 6 aromatic rings. The van der Waals surface area contributed by atoms with E-state index in [9.17, 15) is 0 Å². The zero-order chi connectivity index (χ0) is 27.9. The molecule has 0 radical (unpaired) electrons. The first-order chi connectivity index (χ1) is 20.2. The Morgan fingerprint density at radius 2 is 0.902 bits per heavy atom. The lowest BCUT2D eigenvalue weighted by Crippen LogP contribution is -2.05. The number of fused-ring (bicyclic) bond motifs is 1. The molecule has 9 heteroatoms. The van der Waals surface area contributed by atoms with Crippen molar-refractivity contribution in [1.29, 1.82) is 0 Å². The van der Waals surface area contributed by atoms with Crippen molar-refractivity contribution < 1.29 is 0 Å². The highest BCUT2D eigenvalue weighted by Crippen LogP contribution is 2.26. The van der Waals surface area contributed by atoms with E-state index in [0.29, 0.717) is 17.7 Å². The van der Waals surface area contributed by atoms with Gasteiger partial charge in [0.25, 0.3) is 0 Å². The van der Waals surface area contributed by atoms with Gasteiger partial charge in [0, 0.05) is 11.4 Å². The van der Waals surface area contributed by atoms with E-state index in [1.54, 1.807) is 0 Å². The number of nitrogens with zero attached hydrogens (tertiary/aromatic N) is 7. The number of rotatable bonds is 8. The highest BCUT2D eigenvalue weighted by atomic mass is 15.2. The number of nitrogens with one attached hydrogen (secondary N) is 2. The van der Waals surface area contributed by atoms with Crippen LogP contribution < -0.4 is 10.6 Å². The van der Waals surface area contributed by atoms with Crippen molar-refractivity contribution >= 4 is 56.8 Å². The van der Waals surface area contributed by atoms with Crippen LogP contribution in [0.4, 0.5) is 46.0 Å². The maximum atomic E-state index is 4.52. The maximum Gasteiger partial charge on any atom is 0.232 e. The van der Waals surface area contributed by atoms with Gasteiger partial charge in [-0.2, -0.15) is 35.4 Å². The van der Waals surface area contributed by atoms with Gasteiger partial charge in [-0.15, -0.1) is 0 Å². The molecular formula is C32H25N9. The SMILES string of the molecule is Cc1nc(Nc2ccc(N=Nc3ccccc3)cc2)nc(Nc2ccc(N=Nc3ccc4ccccc4c3)cc2)n1. The average molecular weight is 536 g/mol. The predicted molar refractivity (Wildman–Crippen MR) is 163 cm³/mol. The van der Waals surface area contributed by atoms with Gasteiger partial charge in [-0.1, -0.05) is 48.5 Å². The molecule has 0 aliphatic heterocycles. The molecule has 2 N–H and O–H groups in total. The summed E-state index contributed by atoms with van der Waals surface area (Å²) in [4.78, 5) is 13.3. The van der Waals surface area contributed by atoms with Crippen LogP contribution in [0.25, 0.3) is 10.8 Å². The molecule has 1 heterocycles. The number of hydrogen-bond acceptors (Lipinski definition) is 9. The van der Waals surface area contributed by atoms with E-state index in [1.807, 2.05) is 116 Å². The van der Waals surface area contributed by atoms with Crippen LogP contribution in [0.15, 0.2) is 142 Å². The smallest absolute Gasteiger partial charge is 0.232 e. The van der Waals surface area contributed by atoms with Crippen LogP contribution in [0, 0.1) is 6.92 Å². The number of azo groups is 2. The predicted octanol–water partition coefficient (Wildman–Crippen LogP) is 9.65. The van der Waals surface area contributed by atoms with Crippen molar-refractivity contribution in [3.05, 3.63) is 127 Å². The lowest BCUT2D eigenvalue weighted by Gasteiger charge is -2.09. The molecule has 9 nitrogen and oxygen atoms in total. The first-order valence-electron chi connectivity index (χ1n) is 13.0. The molecule has 41 heavy (non-hydrogen) atoms. The molecule has 0 fully saturated rings. The summed E-state index contributed by atoms with van der Waals surface area (Å²) < 4.78 is 0. The Bertz CT molecular complexity index is 1830. The third-order valence-electron chi connectivity index (χ3n) is 6.05. The Kier molecular flexibility index (Phi) is 7.40. The monoisotopic (exact) mass is 535 g/mol. The second-order valence-electron chi connectivity index (χ2n) is 9.14. The number of anilines is 4. The van der Waals surface area contributed by atoms with Crippen LogP contribution in [0.5, 0.6) is 0 Å². The van der Waals surface area contributed by atoms with Crippen molar-refractivity contribution in [1.82, 2.24) is 15.0 Å². The quantitative estimate of drug-likeness (QED) is 0.188. The lowest BCUT2D eigenvalue weighted by atomic mass is 10.1. The van der Waals surface area contributed by atoms with Crippen LogP contribution in [-0.4, -0.2) is 15.0 Å². The summed E-state index contributed by atoms with van der Waals surface area (Å²) in [5.41, 5.74) is 4.73. The van der Waals surface area contributed by atoms with Gasteiger partial charge in [-0.05, 0) is 90.5 Å². The molecule has 6 rings (SSSR count). The van der Waals surface area contributed by atoms with Crippen LogP contribution in [0.3, 0.4) is 0 Å². The fraction of sp³-hybridized carbons (Fsp3) is 0.0312. The van der Waals surface area contributed by atoms with E-state index < -0.39 is 0 Å². The second kappa shape index (κ2) is 11.9. The van der Waals surface area contributed by atoms with E-state index in [2.05, 4.69) is 58.2 Å². The van der Waals surface area contributed by atoms with Gasteiger partial charge in [0.05, 0.1) is 22.7 Å². The zero-order valence-electron chi connectivity index (χ0n) is 22.2. The lowest BCUT2D eigenvalue weighted by molar-refractivity contribution is 0.989. The Hall–Kier alpha value is -5.83. The van der Waals surface area contributed by atoms with E-state index in [1.165, 1.54) is 5.39 Å². The third-order valence-corrected chi connectivity index (χ3v) is 6.05. The highest BCUT2D eigenvalue weighted by molar-refractivity contribution is 5.85. The minimum absolute atomic E-state index is 0.429. The van der Waals surface area contributed by atoms with Crippen LogP contribution >= 0.6 is 0 Å². The fourth-order valence-corrected chi connectivity index (χ4v) is 4.04. The van der Waals surface area contributed by atoms with E-state index in [0.717, 1.165) is 39.5 Å². The minimum Gasteiger partial charge on any atom is -0.324 e. The largest absolute Gasteiger partial charge is 0.324 e. The molecule has 0 atom stereocenters. The Morgan fingerprint density at radius 3 is 1.49 bits per heavy atom. The van der Waals surface area contributed by atoms with E-state index in [4.69, 9.17) is 0 Å². The van der Waals surface area contributed by atoms with Crippen molar-refractivity contribution in [2.24, 2.45) is 20.5 Å². The van der Waals surface area contributed by atoms with Gasteiger partial charge in [0.1, 0.15) is 5.82 Å². The Labute approximate surface area is 236 Å². The Balaban J connectivity index is 1.09. The zero-order valence-corrected chi connectivity index (χ0v) is 22.2. The molecule has 0 bridgehead atoms. The van der Waals surface area contributed by atoms with Crippen LogP contribution in [0.2, 0.25) is 0 Å². The number of aromatic nitrogens is 3. The molecular weight excluding hydrogens is 510 g/mol. The number of hydrogen-bond donors (Lipinski definition) is 2. The molecule has 0 aliphatic carbocycles. The first-order valence-corrected chi connectivity index (χ1v) is 13.0. The normalized spacial score (nSPS) is 11.3. The summed E-state index contributed by atoms with van der Waals surface area (Å²) >= 11 is 0. The topological polar surface area (TPSA) is 112 Å². The maximum absolute atomic E-state index is 4.52. The second-order valence-corrected chi connectivity index (χ2v) is 9.14. The van der Waals surface area contributed by atoms with Crippen LogP contribution in [-0.2, 0) is 0 Å². The van der Waals surface area contributed by atoms with Gasteiger partial charge in [0.2, 0.25) is 11.9 Å². The average Bonchev–Trinajstić information content (AvgIpc) is 3.00. The van der Waals surface area contributed by atoms with E-state index >= 15 is 0 Å². The van der Waals surface area contributed by atoms with Gasteiger partial charge in [0.15, 0.2) is 0 Å². The summed E-state index contributed by atoms with van der Waals surface area (Å²) in [6.07, 6.45) is 0. The molecule has 0 amide bonds. The van der Waals surface area contributed by atoms with Gasteiger partial charge < -0.3 is 10.6 Å². The summed E-state index contributed by atoms with van der Waals surface area (Å²) in [5, 5.41) is 26.0. The number of benzene rings is 5. The minimum atomic E-state index is 0.429. The molecule has 0 unspecified atom stereocenters. The third kappa shape index (κ3) is 6.79. The highest BCUT2D eigenvalue weighted by Gasteiger charge is 2.06. The van der Waals surface area contributed by atoms with Gasteiger partial charge in [-0.3, -0.25) is 0 Å².